The van der Waals surface area contributed by atoms with Gasteiger partial charge in [-0.05, 0) is 12.8 Å². The van der Waals surface area contributed by atoms with Gasteiger partial charge in [-0.3, -0.25) is 4.90 Å². The number of nitrogens with zero attached hydrogens (tertiary/aromatic N) is 2. The predicted molar refractivity (Wildman–Crippen MR) is 59.4 cm³/mol. The summed E-state index contributed by atoms with van der Waals surface area (Å²) in [4.78, 5) is 8.14. The molecule has 0 spiro atoms. The molecule has 4 heteroatoms. The quantitative estimate of drug-likeness (QED) is 0.818. The van der Waals surface area contributed by atoms with Crippen LogP contribution in [-0.4, -0.2) is 29.0 Å². The van der Waals surface area contributed by atoms with E-state index in [-0.39, 0.29) is 0 Å². The molecule has 0 saturated carbocycles. The maximum absolute atomic E-state index is 5.86. The Bertz CT molecular complexity index is 297. The van der Waals surface area contributed by atoms with Crippen LogP contribution in [0, 0.1) is 0 Å². The Morgan fingerprint density at radius 1 is 1.71 bits per heavy atom. The van der Waals surface area contributed by atoms with Crippen molar-refractivity contribution >= 4 is 11.3 Å². The van der Waals surface area contributed by atoms with Gasteiger partial charge in [0.25, 0.3) is 0 Å². The number of thiazole rings is 1. The Morgan fingerprint density at radius 2 is 2.57 bits per heavy atom. The molecular formula is C10H17N3S. The maximum atomic E-state index is 5.86. The van der Waals surface area contributed by atoms with Crippen molar-refractivity contribution in [3.05, 3.63) is 16.1 Å². The molecule has 2 rings (SSSR count). The molecule has 1 aliphatic heterocycles. The smallest absolute Gasteiger partial charge is 0.0925 e. The molecule has 0 radical (unpaired) electrons. The summed E-state index contributed by atoms with van der Waals surface area (Å²) in [5, 5.41) is 1.24. The fraction of sp³-hybridized carbons (Fsp3) is 0.700. The van der Waals surface area contributed by atoms with Crippen LogP contribution in [0.5, 0.6) is 0 Å². The van der Waals surface area contributed by atoms with E-state index in [2.05, 4.69) is 16.8 Å². The molecule has 2 N–H and O–H groups in total. The molecule has 0 aliphatic carbocycles. The van der Waals surface area contributed by atoms with Crippen LogP contribution < -0.4 is 5.73 Å². The van der Waals surface area contributed by atoms with Gasteiger partial charge in [-0.2, -0.15) is 0 Å². The van der Waals surface area contributed by atoms with E-state index in [9.17, 15) is 0 Å². The lowest BCUT2D eigenvalue weighted by Gasteiger charge is -2.12. The molecule has 3 nitrogen and oxygen atoms in total. The van der Waals surface area contributed by atoms with Gasteiger partial charge in [0.1, 0.15) is 0 Å². The normalized spacial score (nSPS) is 23.1. The average molecular weight is 211 g/mol. The summed E-state index contributed by atoms with van der Waals surface area (Å²) in [5.74, 6) is 0. The van der Waals surface area contributed by atoms with Crippen molar-refractivity contribution in [1.29, 1.82) is 0 Å². The van der Waals surface area contributed by atoms with Crippen molar-refractivity contribution in [2.75, 3.05) is 13.1 Å². The Hall–Kier alpha value is -0.450. The molecule has 1 atom stereocenters. The third kappa shape index (κ3) is 2.32. The summed E-state index contributed by atoms with van der Waals surface area (Å²) in [5.41, 5.74) is 5.86. The van der Waals surface area contributed by atoms with E-state index in [1.807, 2.05) is 17.5 Å². The number of likely N-dealkylation sites (tertiary alicyclic amines) is 1. The third-order valence-electron chi connectivity index (χ3n) is 2.59. The van der Waals surface area contributed by atoms with Crippen molar-refractivity contribution in [2.45, 2.75) is 32.4 Å². The number of hydrogen-bond donors (Lipinski definition) is 1. The minimum atomic E-state index is 0.383. The molecule has 1 aromatic heterocycles. The zero-order chi connectivity index (χ0) is 9.97. The lowest BCUT2D eigenvalue weighted by atomic mass is 10.3. The molecule has 1 aliphatic rings. The van der Waals surface area contributed by atoms with Crippen molar-refractivity contribution in [2.24, 2.45) is 5.73 Å². The lowest BCUT2D eigenvalue weighted by Crippen LogP contribution is -2.25. The minimum absolute atomic E-state index is 0.383. The fourth-order valence-corrected chi connectivity index (χ4v) is 2.72. The lowest BCUT2D eigenvalue weighted by molar-refractivity contribution is 0.329. The maximum Gasteiger partial charge on any atom is 0.0925 e. The highest BCUT2D eigenvalue weighted by Crippen LogP contribution is 2.18. The molecule has 1 aromatic rings. The summed E-state index contributed by atoms with van der Waals surface area (Å²) in [6, 6.07) is 0.383. The zero-order valence-electron chi connectivity index (χ0n) is 8.57. The van der Waals surface area contributed by atoms with E-state index < -0.39 is 0 Å². The second-order valence-electron chi connectivity index (χ2n) is 3.86. The first-order chi connectivity index (χ1) is 6.78. The van der Waals surface area contributed by atoms with Crippen LogP contribution >= 0.6 is 11.3 Å². The summed E-state index contributed by atoms with van der Waals surface area (Å²) in [7, 11) is 0. The summed E-state index contributed by atoms with van der Waals surface area (Å²) < 4.78 is 0. The monoisotopic (exact) mass is 211 g/mol. The van der Waals surface area contributed by atoms with Crippen molar-refractivity contribution in [3.8, 4) is 0 Å². The van der Waals surface area contributed by atoms with Gasteiger partial charge in [-0.1, -0.05) is 6.92 Å². The van der Waals surface area contributed by atoms with Gasteiger partial charge in [0.05, 0.1) is 5.01 Å². The van der Waals surface area contributed by atoms with Crippen LogP contribution in [0.15, 0.2) is 6.20 Å². The summed E-state index contributed by atoms with van der Waals surface area (Å²) >= 11 is 1.83. The van der Waals surface area contributed by atoms with Gasteiger partial charge >= 0.3 is 0 Å². The molecule has 0 aromatic carbocycles. The minimum Gasteiger partial charge on any atom is -0.326 e. The molecule has 14 heavy (non-hydrogen) atoms. The van der Waals surface area contributed by atoms with Crippen molar-refractivity contribution < 1.29 is 0 Å². The fourth-order valence-electron chi connectivity index (χ4n) is 1.81. The molecule has 0 unspecified atom stereocenters. The molecule has 0 bridgehead atoms. The first-order valence-electron chi connectivity index (χ1n) is 5.19. The molecule has 78 valence electrons. The first kappa shape index (κ1) is 10.1. The van der Waals surface area contributed by atoms with Gasteiger partial charge in [-0.15, -0.1) is 11.3 Å². The van der Waals surface area contributed by atoms with Crippen LogP contribution in [-0.2, 0) is 13.0 Å². The van der Waals surface area contributed by atoms with Gasteiger partial charge in [0.2, 0.25) is 0 Å². The van der Waals surface area contributed by atoms with Crippen LogP contribution in [0.25, 0.3) is 0 Å². The Labute approximate surface area is 88.9 Å². The van der Waals surface area contributed by atoms with Crippen LogP contribution in [0.1, 0.15) is 23.2 Å². The predicted octanol–water partition coefficient (Wildman–Crippen LogP) is 1.24. The van der Waals surface area contributed by atoms with Gasteiger partial charge in [0.15, 0.2) is 0 Å². The van der Waals surface area contributed by atoms with E-state index in [0.29, 0.717) is 6.04 Å². The largest absolute Gasteiger partial charge is 0.326 e. The number of aromatic nitrogens is 1. The highest BCUT2D eigenvalue weighted by molar-refractivity contribution is 7.11. The summed E-state index contributed by atoms with van der Waals surface area (Å²) in [6.07, 6.45) is 4.19. The third-order valence-corrected chi connectivity index (χ3v) is 3.72. The van der Waals surface area contributed by atoms with E-state index in [4.69, 9.17) is 5.73 Å². The molecule has 2 heterocycles. The number of nitrogens with two attached hydrogens (primary N) is 1. The molecule has 1 saturated heterocycles. The highest BCUT2D eigenvalue weighted by atomic mass is 32.1. The van der Waals surface area contributed by atoms with E-state index >= 15 is 0 Å². The second-order valence-corrected chi connectivity index (χ2v) is 5.06. The SMILES string of the molecule is CCc1ncc(CN2CC[C@H](N)C2)s1. The summed E-state index contributed by atoms with van der Waals surface area (Å²) in [6.45, 7) is 5.36. The van der Waals surface area contributed by atoms with E-state index in [0.717, 1.165) is 32.5 Å². The topological polar surface area (TPSA) is 42.2 Å². The number of rotatable bonds is 3. The van der Waals surface area contributed by atoms with Crippen LogP contribution in [0.3, 0.4) is 0 Å². The van der Waals surface area contributed by atoms with Gasteiger partial charge in [0, 0.05) is 36.8 Å². The van der Waals surface area contributed by atoms with E-state index in [1.54, 1.807) is 0 Å². The number of hydrogen-bond acceptors (Lipinski definition) is 4. The average Bonchev–Trinajstić information content (AvgIpc) is 2.76. The molecule has 1 fully saturated rings. The zero-order valence-corrected chi connectivity index (χ0v) is 9.39. The molecular weight excluding hydrogens is 194 g/mol. The van der Waals surface area contributed by atoms with E-state index in [1.165, 1.54) is 9.88 Å². The number of aryl methyl sites for hydroxylation is 1. The Morgan fingerprint density at radius 3 is 3.14 bits per heavy atom. The first-order valence-corrected chi connectivity index (χ1v) is 6.01. The van der Waals surface area contributed by atoms with Gasteiger partial charge < -0.3 is 5.73 Å². The Kier molecular flexibility index (Phi) is 3.15. The van der Waals surface area contributed by atoms with Crippen LogP contribution in [0.2, 0.25) is 0 Å². The Balaban J connectivity index is 1.90. The van der Waals surface area contributed by atoms with Crippen molar-refractivity contribution in [1.82, 2.24) is 9.88 Å². The van der Waals surface area contributed by atoms with Crippen LogP contribution in [0.4, 0.5) is 0 Å². The standard InChI is InChI=1S/C10H17N3S/c1-2-10-12-5-9(14-10)7-13-4-3-8(11)6-13/h5,8H,2-4,6-7,11H2,1H3/t8-/m0/s1. The molecule has 0 amide bonds. The highest BCUT2D eigenvalue weighted by Gasteiger charge is 2.19. The van der Waals surface area contributed by atoms with Gasteiger partial charge in [-0.25, -0.2) is 4.98 Å². The second kappa shape index (κ2) is 4.38. The van der Waals surface area contributed by atoms with Crippen molar-refractivity contribution in [3.63, 3.8) is 0 Å².